The molecule has 1 fully saturated rings. The van der Waals surface area contributed by atoms with Gasteiger partial charge in [-0.25, -0.2) is 4.39 Å². The molecule has 1 aromatic rings. The fraction of sp³-hybridized carbons (Fsp3) is 0.400. The molecular formula is C20H26FN3O3. The highest BCUT2D eigenvalue weighted by Gasteiger charge is 2.33. The predicted octanol–water partition coefficient (Wildman–Crippen LogP) is 1.73. The van der Waals surface area contributed by atoms with E-state index in [0.29, 0.717) is 37.5 Å². The van der Waals surface area contributed by atoms with Crippen molar-refractivity contribution in [1.29, 1.82) is 0 Å². The lowest BCUT2D eigenvalue weighted by atomic mass is 10.1. The summed E-state index contributed by atoms with van der Waals surface area (Å²) < 4.78 is 19.3. The monoisotopic (exact) mass is 375 g/mol. The van der Waals surface area contributed by atoms with Gasteiger partial charge in [0.2, 0.25) is 11.8 Å². The third-order valence-electron chi connectivity index (χ3n) is 4.49. The Morgan fingerprint density at radius 3 is 2.70 bits per heavy atom. The van der Waals surface area contributed by atoms with Crippen LogP contribution >= 0.6 is 0 Å². The number of ether oxygens (including phenoxy) is 1. The highest BCUT2D eigenvalue weighted by atomic mass is 19.1. The summed E-state index contributed by atoms with van der Waals surface area (Å²) in [6.07, 6.45) is 3.28. The van der Waals surface area contributed by atoms with Crippen LogP contribution in [0.15, 0.2) is 43.5 Å². The van der Waals surface area contributed by atoms with Gasteiger partial charge in [0.1, 0.15) is 11.6 Å². The second-order valence-electron chi connectivity index (χ2n) is 6.31. The number of carbonyl (C=O) groups excluding carboxylic acids is 2. The van der Waals surface area contributed by atoms with Crippen molar-refractivity contribution >= 4 is 11.8 Å². The molecule has 0 spiro atoms. The van der Waals surface area contributed by atoms with E-state index in [1.54, 1.807) is 29.2 Å². The van der Waals surface area contributed by atoms with Crippen LogP contribution in [0.4, 0.5) is 4.39 Å². The van der Waals surface area contributed by atoms with E-state index in [0.717, 1.165) is 0 Å². The molecule has 1 heterocycles. The van der Waals surface area contributed by atoms with Crippen LogP contribution < -0.4 is 10.1 Å². The third kappa shape index (κ3) is 5.40. The summed E-state index contributed by atoms with van der Waals surface area (Å²) in [5.41, 5.74) is 0.456. The predicted molar refractivity (Wildman–Crippen MR) is 102 cm³/mol. The number of hydrogen-bond donors (Lipinski definition) is 1. The molecule has 2 rings (SSSR count). The van der Waals surface area contributed by atoms with E-state index in [4.69, 9.17) is 4.74 Å². The maximum atomic E-state index is 14.3. The zero-order valence-electron chi connectivity index (χ0n) is 15.6. The first kappa shape index (κ1) is 20.6. The second-order valence-corrected chi connectivity index (χ2v) is 6.31. The summed E-state index contributed by atoms with van der Waals surface area (Å²) in [4.78, 5) is 28.4. The standard InChI is InChI=1S/C20H26FN3O3/c1-4-9-23(10-5-2)19(25)13-18-20(26)22-8-11-24(18)14-15-6-7-16(27-3)12-17(15)21/h4-7,12,18H,1-2,8-11,13-14H2,3H3,(H,22,26). The molecule has 0 aliphatic carbocycles. The van der Waals surface area contributed by atoms with E-state index in [-0.39, 0.29) is 24.8 Å². The molecule has 27 heavy (non-hydrogen) atoms. The van der Waals surface area contributed by atoms with Gasteiger partial charge < -0.3 is 15.0 Å². The van der Waals surface area contributed by atoms with Crippen molar-refractivity contribution in [2.24, 2.45) is 0 Å². The minimum atomic E-state index is -0.648. The molecule has 1 unspecified atom stereocenters. The van der Waals surface area contributed by atoms with Crippen LogP contribution in [0.25, 0.3) is 0 Å². The van der Waals surface area contributed by atoms with Gasteiger partial charge in [0.05, 0.1) is 19.6 Å². The molecule has 0 saturated carbocycles. The maximum Gasteiger partial charge on any atom is 0.237 e. The van der Waals surface area contributed by atoms with Gasteiger partial charge in [0, 0.05) is 44.4 Å². The van der Waals surface area contributed by atoms with E-state index < -0.39 is 11.9 Å². The highest BCUT2D eigenvalue weighted by Crippen LogP contribution is 2.20. The smallest absolute Gasteiger partial charge is 0.237 e. The van der Waals surface area contributed by atoms with Crippen LogP contribution in [0.3, 0.4) is 0 Å². The first-order valence-electron chi connectivity index (χ1n) is 8.83. The van der Waals surface area contributed by atoms with E-state index in [2.05, 4.69) is 18.5 Å². The maximum absolute atomic E-state index is 14.3. The quantitative estimate of drug-likeness (QED) is 0.668. The Labute approximate surface area is 159 Å². The molecule has 0 aromatic heterocycles. The number of amides is 2. The van der Waals surface area contributed by atoms with Crippen LogP contribution in [0.5, 0.6) is 5.75 Å². The molecule has 1 atom stereocenters. The van der Waals surface area contributed by atoms with Crippen molar-refractivity contribution in [3.63, 3.8) is 0 Å². The van der Waals surface area contributed by atoms with Gasteiger partial charge in [-0.05, 0) is 6.07 Å². The summed E-state index contributed by atoms with van der Waals surface area (Å²) in [5.74, 6) is -0.355. The lowest BCUT2D eigenvalue weighted by molar-refractivity contribution is -0.138. The number of hydrogen-bond acceptors (Lipinski definition) is 4. The number of nitrogens with one attached hydrogen (secondary N) is 1. The van der Waals surface area contributed by atoms with E-state index in [9.17, 15) is 14.0 Å². The van der Waals surface area contributed by atoms with Gasteiger partial charge in [-0.1, -0.05) is 18.2 Å². The first-order valence-corrected chi connectivity index (χ1v) is 8.83. The van der Waals surface area contributed by atoms with Crippen molar-refractivity contribution < 1.29 is 18.7 Å². The highest BCUT2D eigenvalue weighted by molar-refractivity contribution is 5.89. The number of benzene rings is 1. The normalized spacial score (nSPS) is 17.1. The summed E-state index contributed by atoms with van der Waals surface area (Å²) in [5, 5.41) is 2.78. The number of nitrogens with zero attached hydrogens (tertiary/aromatic N) is 2. The Balaban J connectivity index is 2.14. The second kappa shape index (κ2) is 9.87. The largest absolute Gasteiger partial charge is 0.497 e. The SMILES string of the molecule is C=CCN(CC=C)C(=O)CC1C(=O)NCCN1Cc1ccc(OC)cc1F. The van der Waals surface area contributed by atoms with Gasteiger partial charge in [-0.15, -0.1) is 13.2 Å². The number of carbonyl (C=O) groups is 2. The van der Waals surface area contributed by atoms with Crippen LogP contribution in [0.1, 0.15) is 12.0 Å². The fourth-order valence-corrected chi connectivity index (χ4v) is 3.06. The van der Waals surface area contributed by atoms with Crippen molar-refractivity contribution in [3.8, 4) is 5.75 Å². The molecule has 1 aliphatic heterocycles. The van der Waals surface area contributed by atoms with Gasteiger partial charge in [-0.3, -0.25) is 14.5 Å². The van der Waals surface area contributed by atoms with E-state index in [1.165, 1.54) is 13.2 Å². The first-order chi connectivity index (χ1) is 13.0. The zero-order chi connectivity index (χ0) is 19.8. The van der Waals surface area contributed by atoms with Crippen molar-refractivity contribution in [2.45, 2.75) is 19.0 Å². The molecular weight excluding hydrogens is 349 g/mol. The molecule has 0 bridgehead atoms. The van der Waals surface area contributed by atoms with Crippen LogP contribution in [0, 0.1) is 5.82 Å². The summed E-state index contributed by atoms with van der Waals surface area (Å²) >= 11 is 0. The number of rotatable bonds is 9. The Morgan fingerprint density at radius 2 is 2.11 bits per heavy atom. The minimum absolute atomic E-state index is 0.0191. The molecule has 1 N–H and O–H groups in total. The average Bonchev–Trinajstić information content (AvgIpc) is 2.65. The van der Waals surface area contributed by atoms with Crippen molar-refractivity contribution in [1.82, 2.24) is 15.1 Å². The minimum Gasteiger partial charge on any atom is -0.497 e. The molecule has 2 amide bonds. The Morgan fingerprint density at radius 1 is 1.41 bits per heavy atom. The third-order valence-corrected chi connectivity index (χ3v) is 4.49. The Kier molecular flexibility index (Phi) is 7.55. The average molecular weight is 375 g/mol. The number of halogens is 1. The summed E-state index contributed by atoms with van der Waals surface area (Å²) in [6.45, 7) is 9.31. The Bertz CT molecular complexity index is 698. The molecule has 1 aliphatic rings. The molecule has 146 valence electrons. The topological polar surface area (TPSA) is 61.9 Å². The van der Waals surface area contributed by atoms with Crippen molar-refractivity contribution in [3.05, 3.63) is 54.9 Å². The molecule has 1 saturated heterocycles. The number of piperazine rings is 1. The Hall–Kier alpha value is -2.67. The van der Waals surface area contributed by atoms with Crippen molar-refractivity contribution in [2.75, 3.05) is 33.3 Å². The van der Waals surface area contributed by atoms with Crippen LogP contribution in [-0.2, 0) is 16.1 Å². The zero-order valence-corrected chi connectivity index (χ0v) is 15.6. The van der Waals surface area contributed by atoms with Gasteiger partial charge in [0.15, 0.2) is 0 Å². The number of methoxy groups -OCH3 is 1. The van der Waals surface area contributed by atoms with E-state index in [1.807, 2.05) is 4.90 Å². The van der Waals surface area contributed by atoms with Gasteiger partial charge in [0.25, 0.3) is 0 Å². The van der Waals surface area contributed by atoms with Gasteiger partial charge >= 0.3 is 0 Å². The van der Waals surface area contributed by atoms with Gasteiger partial charge in [-0.2, -0.15) is 0 Å². The summed E-state index contributed by atoms with van der Waals surface area (Å²) in [7, 11) is 1.48. The molecule has 7 heteroatoms. The van der Waals surface area contributed by atoms with Crippen LogP contribution in [0.2, 0.25) is 0 Å². The molecule has 1 aromatic carbocycles. The van der Waals surface area contributed by atoms with E-state index >= 15 is 0 Å². The van der Waals surface area contributed by atoms with Crippen LogP contribution in [-0.4, -0.2) is 60.9 Å². The lowest BCUT2D eigenvalue weighted by Gasteiger charge is -2.35. The molecule has 6 nitrogen and oxygen atoms in total. The fourth-order valence-electron chi connectivity index (χ4n) is 3.06. The molecule has 0 radical (unpaired) electrons. The summed E-state index contributed by atoms with van der Waals surface area (Å²) in [6, 6.07) is 3.99. The lowest BCUT2D eigenvalue weighted by Crippen LogP contribution is -2.56.